The van der Waals surface area contributed by atoms with Gasteiger partial charge in [-0.15, -0.1) is 19.6 Å². The van der Waals surface area contributed by atoms with Crippen LogP contribution in [0.1, 0.15) is 137 Å². The first-order valence-corrected chi connectivity index (χ1v) is 30.6. The van der Waals surface area contributed by atoms with Gasteiger partial charge in [-0.2, -0.15) is 0 Å². The number of esters is 1. The van der Waals surface area contributed by atoms with Crippen molar-refractivity contribution in [3.8, 4) is 36.0 Å². The molecule has 2 saturated carbocycles. The molecule has 2 aliphatic rings. The molecule has 0 radical (unpaired) electrons. The van der Waals surface area contributed by atoms with Gasteiger partial charge in [-0.1, -0.05) is 177 Å². The third kappa shape index (κ3) is 43.3. The fraction of sp³-hybridized carbons (Fsp3) is 0.583. The van der Waals surface area contributed by atoms with Crippen LogP contribution in [0.2, 0.25) is 36.3 Å². The van der Waals surface area contributed by atoms with Gasteiger partial charge in [-0.25, -0.2) is 9.59 Å². The minimum absolute atomic E-state index is 0. The third-order valence-corrected chi connectivity index (χ3v) is 20.8. The number of carboxylic acids is 1. The van der Waals surface area contributed by atoms with Gasteiger partial charge in [0.2, 0.25) is 0 Å². The minimum Gasteiger partial charge on any atom is -0.472 e. The molecule has 71 heavy (non-hydrogen) atoms. The quantitative estimate of drug-likeness (QED) is 0.0151. The molecule has 0 amide bonds. The van der Waals surface area contributed by atoms with Crippen LogP contribution in [0, 0.1) is 59.7 Å². The lowest BCUT2D eigenvalue weighted by atomic mass is 10.1. The lowest BCUT2D eigenvalue weighted by Crippen LogP contribution is -2.43. The molecule has 0 aromatic carbocycles. The number of carboxylic acid groups (broad SMARTS) is 1. The van der Waals surface area contributed by atoms with Crippen LogP contribution in [0.3, 0.4) is 0 Å². The molecular weight excluding hydrogens is 985 g/mol. The van der Waals surface area contributed by atoms with Crippen molar-refractivity contribution >= 4 is 50.8 Å². The van der Waals surface area contributed by atoms with Gasteiger partial charge in [-0.3, -0.25) is 4.79 Å². The molecule has 0 aromatic heterocycles. The first kappa shape index (κ1) is 78.4. The van der Waals surface area contributed by atoms with Crippen molar-refractivity contribution in [2.45, 2.75) is 198 Å². The van der Waals surface area contributed by atoms with E-state index in [4.69, 9.17) is 30.2 Å². The zero-order valence-electron chi connectivity index (χ0n) is 44.4. The van der Waals surface area contributed by atoms with Crippen LogP contribution in [0.5, 0.6) is 0 Å². The fourth-order valence-corrected chi connectivity index (χ4v) is 8.01. The SMILES string of the molecule is C.C.C.C#CCBr.C/C=C/C=C/C(CC#CC(=O)O)O[Si](C)(C)C(C)(C)C.C/C=C/C=C/C=O.C=C[C@H]1C[C@@H]1C[C@@H](C)OC(=O)C#CCC(/C=C/C=C/C)O[Si](C)(C)C(C)(C)C.C=C[C@H]1C[C@@H]1C[C@H](C)O. The number of carbonyl (C=O) groups excluding carboxylic acids is 2. The number of aliphatic hydroxyl groups excluding tert-OH is 1. The van der Waals surface area contributed by atoms with Gasteiger partial charge in [0.15, 0.2) is 16.6 Å². The summed E-state index contributed by atoms with van der Waals surface area (Å²) >= 11 is 3.01. The molecule has 2 aliphatic carbocycles. The average Bonchev–Trinajstić information content (AvgIpc) is 4.17. The zero-order valence-corrected chi connectivity index (χ0v) is 48.0. The predicted octanol–water partition coefficient (Wildman–Crippen LogP) is 15.9. The van der Waals surface area contributed by atoms with Gasteiger partial charge in [0.05, 0.1) is 23.6 Å². The van der Waals surface area contributed by atoms with Gasteiger partial charge in [0, 0.05) is 24.7 Å². The summed E-state index contributed by atoms with van der Waals surface area (Å²) in [6.45, 7) is 39.1. The summed E-state index contributed by atoms with van der Waals surface area (Å²) in [6.07, 6.45) is 36.5. The molecule has 0 aromatic rings. The number of terminal acetylenes is 1. The van der Waals surface area contributed by atoms with E-state index in [1.165, 1.54) is 12.5 Å². The number of hydrogen-bond donors (Lipinski definition) is 2. The number of rotatable bonds is 19. The van der Waals surface area contributed by atoms with E-state index in [1.807, 2.05) is 101 Å². The standard InChI is InChI=1S/C24H38O3Si.C16H26O3Si.C8H14O.C6H8O.C3H3Br.3CH4/c1-9-11-12-14-22(27-28(7,8)24(4,5)6)15-13-16-23(25)26-19(3)17-21-18-20(21)10-2;1-7-8-9-11-14(12-10-13-15(17)18)19-20(5,6)16(2,3)4;1-3-7-5-8(7)4-6(2)9;1-2-3-4-5-6-7;1-2-3-4;;;/h9-12,14,19-22H,2,15,17-18H2,1,3-8H3;7-9,11,14H,12H2,1-6H3,(H,17,18);3,6-9H,1,4-5H2,2H3;2-6H,1H3;1H,3H2;3*1H4/b11-9+,14-12+;8-7+,11-9+;;3-2+,5-4+;;;;/t19-,20+,21+,22?;;6-,7-,8-;;;;;/m1.0...../s1. The molecule has 0 spiro atoms. The van der Waals surface area contributed by atoms with Crippen molar-refractivity contribution < 1.29 is 38.2 Å². The fourth-order valence-electron chi connectivity index (χ4n) is 5.46. The first-order valence-electron chi connectivity index (χ1n) is 23.7. The number of hydrogen-bond acceptors (Lipinski definition) is 7. The Balaban J connectivity index is -0.000000212. The summed E-state index contributed by atoms with van der Waals surface area (Å²) in [5.41, 5.74) is 0. The lowest BCUT2D eigenvalue weighted by molar-refractivity contribution is -0.141. The molecule has 8 nitrogen and oxygen atoms in total. The van der Waals surface area contributed by atoms with Crippen LogP contribution in [0.25, 0.3) is 0 Å². The molecule has 0 aliphatic heterocycles. The number of allylic oxidation sites excluding steroid dienone is 12. The Morgan fingerprint density at radius 2 is 1.10 bits per heavy atom. The third-order valence-electron chi connectivity index (χ3n) is 11.5. The number of aliphatic carboxylic acids is 1. The highest BCUT2D eigenvalue weighted by Crippen LogP contribution is 2.43. The number of aldehydes is 1. The maximum Gasteiger partial charge on any atom is 0.384 e. The van der Waals surface area contributed by atoms with E-state index in [0.29, 0.717) is 35.9 Å². The summed E-state index contributed by atoms with van der Waals surface area (Å²) in [4.78, 5) is 32.0. The van der Waals surface area contributed by atoms with Crippen LogP contribution >= 0.6 is 15.9 Å². The Kier molecular flexibility index (Phi) is 48.1. The van der Waals surface area contributed by atoms with Crippen molar-refractivity contribution in [2.75, 3.05) is 5.33 Å². The van der Waals surface area contributed by atoms with Crippen LogP contribution in [0.15, 0.2) is 98.2 Å². The molecule has 11 heteroatoms. The Hall–Kier alpha value is -4.00. The Labute approximate surface area is 447 Å². The summed E-state index contributed by atoms with van der Waals surface area (Å²) in [5.74, 6) is 13.8. The second-order valence-electron chi connectivity index (χ2n) is 19.7. The van der Waals surface area contributed by atoms with Gasteiger partial charge in [0.1, 0.15) is 12.4 Å². The average molecular weight is 1090 g/mol. The van der Waals surface area contributed by atoms with Gasteiger partial charge in [-0.05, 0) is 126 Å². The maximum atomic E-state index is 12.0. The van der Waals surface area contributed by atoms with E-state index in [-0.39, 0.29) is 56.8 Å². The van der Waals surface area contributed by atoms with E-state index >= 15 is 0 Å². The minimum atomic E-state index is -1.92. The summed E-state index contributed by atoms with van der Waals surface area (Å²) < 4.78 is 18.1. The number of ether oxygens (including phenoxy) is 1. The van der Waals surface area contributed by atoms with E-state index in [9.17, 15) is 14.4 Å². The van der Waals surface area contributed by atoms with Crippen molar-refractivity contribution in [1.82, 2.24) is 0 Å². The van der Waals surface area contributed by atoms with Crippen molar-refractivity contribution in [2.24, 2.45) is 23.7 Å². The van der Waals surface area contributed by atoms with Gasteiger partial charge in [0.25, 0.3) is 0 Å². The highest BCUT2D eigenvalue weighted by Gasteiger charge is 2.40. The van der Waals surface area contributed by atoms with Crippen molar-refractivity contribution in [1.29, 1.82) is 0 Å². The van der Waals surface area contributed by atoms with Crippen LogP contribution < -0.4 is 0 Å². The Morgan fingerprint density at radius 3 is 1.41 bits per heavy atom. The van der Waals surface area contributed by atoms with Crippen LogP contribution in [-0.2, 0) is 28.0 Å². The largest absolute Gasteiger partial charge is 0.472 e. The molecule has 0 saturated heterocycles. The summed E-state index contributed by atoms with van der Waals surface area (Å²) in [7, 11) is -3.82. The number of aliphatic hydroxyl groups is 1. The normalized spacial score (nSPS) is 18.5. The lowest BCUT2D eigenvalue weighted by Gasteiger charge is -2.38. The number of carbonyl (C=O) groups is 3. The molecule has 2 rings (SSSR count). The molecule has 0 bridgehead atoms. The molecule has 2 fully saturated rings. The second kappa shape index (κ2) is 43.6. The monoisotopic (exact) mass is 1080 g/mol. The van der Waals surface area contributed by atoms with E-state index in [0.717, 1.165) is 31.5 Å². The number of alkyl halides is 1. The molecule has 2 N–H and O–H groups in total. The van der Waals surface area contributed by atoms with E-state index in [1.54, 1.807) is 12.2 Å². The zero-order chi connectivity index (χ0) is 53.0. The highest BCUT2D eigenvalue weighted by molar-refractivity contribution is 9.09. The second-order valence-corrected chi connectivity index (χ2v) is 29.8. The Morgan fingerprint density at radius 1 is 0.718 bits per heavy atom. The summed E-state index contributed by atoms with van der Waals surface area (Å²) in [5, 5.41) is 18.4. The first-order chi connectivity index (χ1) is 31.7. The van der Waals surface area contributed by atoms with Gasteiger partial charge >= 0.3 is 11.9 Å². The molecule has 404 valence electrons. The van der Waals surface area contributed by atoms with E-state index in [2.05, 4.69) is 126 Å². The highest BCUT2D eigenvalue weighted by atomic mass is 79.9. The van der Waals surface area contributed by atoms with Crippen molar-refractivity contribution in [3.63, 3.8) is 0 Å². The maximum absolute atomic E-state index is 12.0. The van der Waals surface area contributed by atoms with E-state index < -0.39 is 28.6 Å². The summed E-state index contributed by atoms with van der Waals surface area (Å²) in [6, 6.07) is 0. The molecule has 8 atom stereocenters. The smallest absolute Gasteiger partial charge is 0.384 e. The molecular formula is C60H101BrO8Si2. The number of halogens is 1. The van der Waals surface area contributed by atoms with Crippen LogP contribution in [-0.4, -0.2) is 74.8 Å². The van der Waals surface area contributed by atoms with Crippen LogP contribution in [0.4, 0.5) is 0 Å². The molecule has 0 heterocycles. The Bertz CT molecular complexity index is 1830. The molecule has 2 unspecified atom stereocenters. The van der Waals surface area contributed by atoms with Gasteiger partial charge < -0.3 is 23.8 Å². The topological polar surface area (TPSA) is 119 Å². The predicted molar refractivity (Wildman–Crippen MR) is 317 cm³/mol. The van der Waals surface area contributed by atoms with Crippen molar-refractivity contribution in [3.05, 3.63) is 98.2 Å².